The number of rotatable bonds is 6. The van der Waals surface area contributed by atoms with Gasteiger partial charge in [-0.1, -0.05) is 13.8 Å². The highest BCUT2D eigenvalue weighted by atomic mass is 16.2. The quantitative estimate of drug-likeness (QED) is 0.804. The van der Waals surface area contributed by atoms with Crippen molar-refractivity contribution < 1.29 is 9.59 Å². The summed E-state index contributed by atoms with van der Waals surface area (Å²) in [6.45, 7) is 12.1. The van der Waals surface area contributed by atoms with Gasteiger partial charge in [0.25, 0.3) is 5.91 Å². The molecule has 1 fully saturated rings. The molecule has 2 aromatic heterocycles. The highest BCUT2D eigenvalue weighted by Gasteiger charge is 2.34. The molecular weight excluding hydrogens is 368 g/mol. The molecule has 158 valence electrons. The van der Waals surface area contributed by atoms with E-state index in [2.05, 4.69) is 48.1 Å². The zero-order valence-electron chi connectivity index (χ0n) is 18.1. The van der Waals surface area contributed by atoms with Crippen molar-refractivity contribution in [1.82, 2.24) is 29.7 Å². The van der Waals surface area contributed by atoms with E-state index >= 15 is 0 Å². The van der Waals surface area contributed by atoms with Gasteiger partial charge in [0.15, 0.2) is 11.5 Å². The highest BCUT2D eigenvalue weighted by Crippen LogP contribution is 2.27. The molecule has 2 aromatic rings. The number of nitrogens with one attached hydrogen (secondary N) is 1. The Kier molecular flexibility index (Phi) is 6.52. The van der Waals surface area contributed by atoms with Crippen molar-refractivity contribution in [2.45, 2.75) is 65.6 Å². The van der Waals surface area contributed by atoms with Crippen molar-refractivity contribution in [2.24, 2.45) is 0 Å². The van der Waals surface area contributed by atoms with Crippen molar-refractivity contribution in [3.63, 3.8) is 0 Å². The molecule has 1 unspecified atom stereocenters. The van der Waals surface area contributed by atoms with Crippen LogP contribution in [0.3, 0.4) is 0 Å². The predicted molar refractivity (Wildman–Crippen MR) is 112 cm³/mol. The molecule has 0 spiro atoms. The molecular formula is C21H32N6O2. The Morgan fingerprint density at radius 3 is 2.52 bits per heavy atom. The SMILES string of the molecule is CCC(CC)NC(=O)c1ccc2nnc(C3CN(C(C)=O)CCN3C(C)C)n2c1. The van der Waals surface area contributed by atoms with Gasteiger partial charge in [0.1, 0.15) is 0 Å². The normalized spacial score (nSPS) is 18.0. The van der Waals surface area contributed by atoms with Gasteiger partial charge in [-0.3, -0.25) is 18.9 Å². The van der Waals surface area contributed by atoms with Crippen LogP contribution in [0.2, 0.25) is 0 Å². The zero-order chi connectivity index (χ0) is 21.1. The van der Waals surface area contributed by atoms with Crippen LogP contribution < -0.4 is 5.32 Å². The molecule has 0 aromatic carbocycles. The molecule has 1 atom stereocenters. The number of hydrogen-bond acceptors (Lipinski definition) is 5. The molecule has 8 nitrogen and oxygen atoms in total. The summed E-state index contributed by atoms with van der Waals surface area (Å²) in [5.74, 6) is 0.740. The molecule has 0 bridgehead atoms. The third-order valence-corrected chi connectivity index (χ3v) is 5.84. The van der Waals surface area contributed by atoms with E-state index in [1.54, 1.807) is 13.0 Å². The first-order chi connectivity index (χ1) is 13.8. The number of carbonyl (C=O) groups is 2. The van der Waals surface area contributed by atoms with Gasteiger partial charge < -0.3 is 10.2 Å². The maximum Gasteiger partial charge on any atom is 0.252 e. The van der Waals surface area contributed by atoms with Crippen molar-refractivity contribution in [3.8, 4) is 0 Å². The Labute approximate surface area is 172 Å². The number of hydrogen-bond donors (Lipinski definition) is 1. The zero-order valence-corrected chi connectivity index (χ0v) is 18.1. The molecule has 1 N–H and O–H groups in total. The molecule has 0 radical (unpaired) electrons. The van der Waals surface area contributed by atoms with E-state index in [-0.39, 0.29) is 23.9 Å². The van der Waals surface area contributed by atoms with Gasteiger partial charge in [0.2, 0.25) is 5.91 Å². The van der Waals surface area contributed by atoms with E-state index in [4.69, 9.17) is 0 Å². The summed E-state index contributed by atoms with van der Waals surface area (Å²) >= 11 is 0. The van der Waals surface area contributed by atoms with E-state index in [0.717, 1.165) is 25.2 Å². The minimum absolute atomic E-state index is 0.0671. The summed E-state index contributed by atoms with van der Waals surface area (Å²) in [6, 6.07) is 4.01. The second kappa shape index (κ2) is 8.90. The molecule has 1 aliphatic rings. The average Bonchev–Trinajstić information content (AvgIpc) is 3.14. The number of piperazine rings is 1. The van der Waals surface area contributed by atoms with Crippen molar-refractivity contribution in [1.29, 1.82) is 0 Å². The Hall–Kier alpha value is -2.48. The second-order valence-corrected chi connectivity index (χ2v) is 8.00. The molecule has 2 amide bonds. The fourth-order valence-corrected chi connectivity index (χ4v) is 3.96. The van der Waals surface area contributed by atoms with Gasteiger partial charge in [-0.05, 0) is 38.8 Å². The largest absolute Gasteiger partial charge is 0.349 e. The number of nitrogens with zero attached hydrogens (tertiary/aromatic N) is 5. The van der Waals surface area contributed by atoms with Gasteiger partial charge in [-0.15, -0.1) is 10.2 Å². The minimum atomic E-state index is -0.0880. The van der Waals surface area contributed by atoms with Gasteiger partial charge in [-0.2, -0.15) is 0 Å². The molecule has 3 rings (SSSR count). The van der Waals surface area contributed by atoms with E-state index < -0.39 is 0 Å². The highest BCUT2D eigenvalue weighted by molar-refractivity contribution is 5.94. The van der Waals surface area contributed by atoms with Gasteiger partial charge in [0, 0.05) is 44.8 Å². The van der Waals surface area contributed by atoms with Gasteiger partial charge in [0.05, 0.1) is 11.6 Å². The fraction of sp³-hybridized carbons (Fsp3) is 0.619. The molecule has 8 heteroatoms. The number of carbonyl (C=O) groups excluding carboxylic acids is 2. The molecule has 29 heavy (non-hydrogen) atoms. The lowest BCUT2D eigenvalue weighted by Gasteiger charge is -2.42. The summed E-state index contributed by atoms with van der Waals surface area (Å²) in [5, 5.41) is 11.8. The first-order valence-corrected chi connectivity index (χ1v) is 10.5. The van der Waals surface area contributed by atoms with Crippen LogP contribution in [-0.2, 0) is 4.79 Å². The third kappa shape index (κ3) is 4.42. The minimum Gasteiger partial charge on any atom is -0.349 e. The predicted octanol–water partition coefficient (Wildman–Crippen LogP) is 2.26. The first-order valence-electron chi connectivity index (χ1n) is 10.5. The van der Waals surface area contributed by atoms with Gasteiger partial charge >= 0.3 is 0 Å². The summed E-state index contributed by atoms with van der Waals surface area (Å²) in [4.78, 5) is 28.9. The molecule has 0 aliphatic carbocycles. The fourth-order valence-electron chi connectivity index (χ4n) is 3.96. The van der Waals surface area contributed by atoms with E-state index in [1.807, 2.05) is 21.6 Å². The van der Waals surface area contributed by atoms with Crippen LogP contribution in [0.1, 0.15) is 69.7 Å². The Morgan fingerprint density at radius 2 is 1.90 bits per heavy atom. The smallest absolute Gasteiger partial charge is 0.252 e. The lowest BCUT2D eigenvalue weighted by Crippen LogP contribution is -2.52. The van der Waals surface area contributed by atoms with E-state index in [0.29, 0.717) is 30.3 Å². The number of aromatic nitrogens is 3. The number of pyridine rings is 1. The standard InChI is InChI=1S/C21H32N6O2/c1-6-17(7-2)22-21(29)16-8-9-19-23-24-20(27(19)12-16)18-13-25(15(5)28)10-11-26(18)14(3)4/h8-9,12,14,17-18H,6-7,10-11,13H2,1-5H3,(H,22,29). The maximum absolute atomic E-state index is 12.7. The van der Waals surface area contributed by atoms with Crippen LogP contribution in [0.4, 0.5) is 0 Å². The topological polar surface area (TPSA) is 82.8 Å². The third-order valence-electron chi connectivity index (χ3n) is 5.84. The molecule has 1 aliphatic heterocycles. The Bertz CT molecular complexity index is 873. The Balaban J connectivity index is 1.95. The van der Waals surface area contributed by atoms with Gasteiger partial charge in [-0.25, -0.2) is 0 Å². The van der Waals surface area contributed by atoms with E-state index in [9.17, 15) is 9.59 Å². The first kappa shape index (κ1) is 21.2. The van der Waals surface area contributed by atoms with Crippen LogP contribution in [0.15, 0.2) is 18.3 Å². The van der Waals surface area contributed by atoms with E-state index in [1.165, 1.54) is 0 Å². The van der Waals surface area contributed by atoms with Crippen LogP contribution >= 0.6 is 0 Å². The van der Waals surface area contributed by atoms with Crippen LogP contribution in [0.25, 0.3) is 5.65 Å². The summed E-state index contributed by atoms with van der Waals surface area (Å²) < 4.78 is 1.89. The van der Waals surface area contributed by atoms with Crippen LogP contribution in [-0.4, -0.2) is 67.9 Å². The maximum atomic E-state index is 12.7. The number of amides is 2. The van der Waals surface area contributed by atoms with Crippen LogP contribution in [0, 0.1) is 0 Å². The van der Waals surface area contributed by atoms with Crippen molar-refractivity contribution >= 4 is 17.5 Å². The molecule has 0 saturated carbocycles. The van der Waals surface area contributed by atoms with Crippen molar-refractivity contribution in [2.75, 3.05) is 19.6 Å². The summed E-state index contributed by atoms with van der Waals surface area (Å²) in [7, 11) is 0. The summed E-state index contributed by atoms with van der Waals surface area (Å²) in [5.41, 5.74) is 1.28. The lowest BCUT2D eigenvalue weighted by molar-refractivity contribution is -0.132. The molecule has 1 saturated heterocycles. The van der Waals surface area contributed by atoms with Crippen molar-refractivity contribution in [3.05, 3.63) is 29.7 Å². The number of fused-ring (bicyclic) bond motifs is 1. The molecule has 3 heterocycles. The lowest BCUT2D eigenvalue weighted by atomic mass is 10.1. The Morgan fingerprint density at radius 1 is 1.17 bits per heavy atom. The average molecular weight is 401 g/mol. The summed E-state index contributed by atoms with van der Waals surface area (Å²) in [6.07, 6.45) is 3.61. The van der Waals surface area contributed by atoms with Crippen LogP contribution in [0.5, 0.6) is 0 Å². The monoisotopic (exact) mass is 400 g/mol. The second-order valence-electron chi connectivity index (χ2n) is 8.00.